The van der Waals surface area contributed by atoms with Gasteiger partial charge in [0.2, 0.25) is 0 Å². The molecule has 3 nitrogen and oxygen atoms in total. The monoisotopic (exact) mass is 201 g/mol. The average Bonchev–Trinajstić information content (AvgIpc) is 2.62. The molecule has 0 amide bonds. The number of nitrogens with one attached hydrogen (secondary N) is 2. The van der Waals surface area contributed by atoms with Crippen LogP contribution >= 0.6 is 0 Å². The van der Waals surface area contributed by atoms with Crippen LogP contribution in [0.15, 0.2) is 30.3 Å². The zero-order chi connectivity index (χ0) is 10.7. The van der Waals surface area contributed by atoms with Crippen molar-refractivity contribution in [1.29, 1.82) is 0 Å². The fourth-order valence-electron chi connectivity index (χ4n) is 1.57. The molecular formula is C12H15N3. The van der Waals surface area contributed by atoms with Crippen molar-refractivity contribution in [3.8, 4) is 0 Å². The summed E-state index contributed by atoms with van der Waals surface area (Å²) in [4.78, 5) is 0. The van der Waals surface area contributed by atoms with E-state index in [0.717, 1.165) is 29.2 Å². The predicted molar refractivity (Wildman–Crippen MR) is 62.4 cm³/mol. The summed E-state index contributed by atoms with van der Waals surface area (Å²) in [6.45, 7) is 4.13. The summed E-state index contributed by atoms with van der Waals surface area (Å²) in [6.07, 6.45) is 0.930. The smallest absolute Gasteiger partial charge is 0.0857 e. The Bertz CT molecular complexity index is 431. The summed E-state index contributed by atoms with van der Waals surface area (Å²) in [5.74, 6) is 0. The number of benzene rings is 1. The molecule has 0 unspecified atom stereocenters. The Morgan fingerprint density at radius 2 is 2.00 bits per heavy atom. The molecule has 1 heterocycles. The Labute approximate surface area is 89.5 Å². The van der Waals surface area contributed by atoms with Crippen molar-refractivity contribution in [2.24, 2.45) is 0 Å². The van der Waals surface area contributed by atoms with Crippen molar-refractivity contribution in [2.75, 3.05) is 5.32 Å². The number of hydrogen-bond donors (Lipinski definition) is 2. The lowest BCUT2D eigenvalue weighted by Gasteiger charge is -2.06. The van der Waals surface area contributed by atoms with E-state index in [4.69, 9.17) is 0 Å². The van der Waals surface area contributed by atoms with E-state index in [0.29, 0.717) is 0 Å². The highest BCUT2D eigenvalue weighted by molar-refractivity contribution is 5.63. The van der Waals surface area contributed by atoms with Crippen LogP contribution in [0, 0.1) is 6.92 Å². The number of rotatable bonds is 3. The number of hydrogen-bond acceptors (Lipinski definition) is 2. The summed E-state index contributed by atoms with van der Waals surface area (Å²) in [6, 6.07) is 10.1. The molecule has 3 heteroatoms. The molecule has 78 valence electrons. The SMILES string of the molecule is CCc1n[nH]c(C)c1Nc1ccccc1. The topological polar surface area (TPSA) is 40.7 Å². The number of nitrogens with zero attached hydrogens (tertiary/aromatic N) is 1. The van der Waals surface area contributed by atoms with Gasteiger partial charge in [-0.15, -0.1) is 0 Å². The molecule has 2 N–H and O–H groups in total. The maximum Gasteiger partial charge on any atom is 0.0857 e. The number of aromatic amines is 1. The van der Waals surface area contributed by atoms with Gasteiger partial charge in [-0.05, 0) is 25.5 Å². The summed E-state index contributed by atoms with van der Waals surface area (Å²) in [5, 5.41) is 10.6. The Kier molecular flexibility index (Phi) is 2.72. The van der Waals surface area contributed by atoms with Gasteiger partial charge in [-0.2, -0.15) is 5.10 Å². The minimum Gasteiger partial charge on any atom is -0.353 e. The molecule has 0 fully saturated rings. The maximum atomic E-state index is 4.24. The first-order valence-corrected chi connectivity index (χ1v) is 5.17. The van der Waals surface area contributed by atoms with E-state index in [1.165, 1.54) is 0 Å². The van der Waals surface area contributed by atoms with Crippen molar-refractivity contribution >= 4 is 11.4 Å². The molecule has 15 heavy (non-hydrogen) atoms. The second kappa shape index (κ2) is 4.17. The van der Waals surface area contributed by atoms with Gasteiger partial charge in [0, 0.05) is 5.69 Å². The number of H-pyrrole nitrogens is 1. The molecule has 0 spiro atoms. The third-order valence-electron chi connectivity index (χ3n) is 2.40. The third-order valence-corrected chi connectivity index (χ3v) is 2.40. The molecule has 0 saturated carbocycles. The molecule has 1 aromatic carbocycles. The second-order valence-electron chi connectivity index (χ2n) is 3.51. The maximum absolute atomic E-state index is 4.24. The second-order valence-corrected chi connectivity index (χ2v) is 3.51. The van der Waals surface area contributed by atoms with Gasteiger partial charge in [-0.25, -0.2) is 0 Å². The van der Waals surface area contributed by atoms with Gasteiger partial charge in [-0.1, -0.05) is 25.1 Å². The van der Waals surface area contributed by atoms with Crippen molar-refractivity contribution in [3.05, 3.63) is 41.7 Å². The zero-order valence-corrected chi connectivity index (χ0v) is 9.04. The van der Waals surface area contributed by atoms with Crippen molar-refractivity contribution in [3.63, 3.8) is 0 Å². The molecule has 0 radical (unpaired) electrons. The number of para-hydroxylation sites is 1. The first-order valence-electron chi connectivity index (χ1n) is 5.17. The predicted octanol–water partition coefficient (Wildman–Crippen LogP) is 3.02. The van der Waals surface area contributed by atoms with Crippen LogP contribution in [0.1, 0.15) is 18.3 Å². The van der Waals surface area contributed by atoms with Gasteiger partial charge in [0.15, 0.2) is 0 Å². The minimum absolute atomic E-state index is 0.930. The molecule has 0 saturated heterocycles. The first kappa shape index (κ1) is 9.77. The number of aromatic nitrogens is 2. The van der Waals surface area contributed by atoms with Crippen LogP contribution in [-0.4, -0.2) is 10.2 Å². The molecule has 0 bridgehead atoms. The third kappa shape index (κ3) is 2.01. The molecule has 2 rings (SSSR count). The highest BCUT2D eigenvalue weighted by Gasteiger charge is 2.07. The van der Waals surface area contributed by atoms with Gasteiger partial charge in [0.25, 0.3) is 0 Å². The van der Waals surface area contributed by atoms with Gasteiger partial charge >= 0.3 is 0 Å². The van der Waals surface area contributed by atoms with Gasteiger partial charge in [-0.3, -0.25) is 5.10 Å². The summed E-state index contributed by atoms with van der Waals surface area (Å²) in [7, 11) is 0. The highest BCUT2D eigenvalue weighted by atomic mass is 15.1. The first-order chi connectivity index (χ1) is 7.31. The van der Waals surface area contributed by atoms with Crippen LogP contribution in [0.3, 0.4) is 0 Å². The standard InChI is InChI=1S/C12H15N3/c1-3-11-12(9(2)14-15-11)13-10-7-5-4-6-8-10/h4-8,13H,3H2,1-2H3,(H,14,15). The van der Waals surface area contributed by atoms with Gasteiger partial charge in [0.1, 0.15) is 0 Å². The normalized spacial score (nSPS) is 10.3. The molecule has 0 atom stereocenters. The van der Waals surface area contributed by atoms with Crippen LogP contribution < -0.4 is 5.32 Å². The summed E-state index contributed by atoms with van der Waals surface area (Å²) < 4.78 is 0. The van der Waals surface area contributed by atoms with Crippen LogP contribution in [0.2, 0.25) is 0 Å². The van der Waals surface area contributed by atoms with E-state index in [1.54, 1.807) is 0 Å². The molecular weight excluding hydrogens is 186 g/mol. The van der Waals surface area contributed by atoms with E-state index < -0.39 is 0 Å². The molecule has 1 aromatic heterocycles. The average molecular weight is 201 g/mol. The Balaban J connectivity index is 2.27. The lowest BCUT2D eigenvalue weighted by atomic mass is 10.2. The quantitative estimate of drug-likeness (QED) is 0.801. The van der Waals surface area contributed by atoms with E-state index >= 15 is 0 Å². The highest BCUT2D eigenvalue weighted by Crippen LogP contribution is 2.22. The molecule has 0 aliphatic carbocycles. The van der Waals surface area contributed by atoms with E-state index in [2.05, 4.69) is 22.4 Å². The largest absolute Gasteiger partial charge is 0.353 e. The molecule has 0 aliphatic rings. The lowest BCUT2D eigenvalue weighted by Crippen LogP contribution is -1.94. The van der Waals surface area contributed by atoms with Crippen LogP contribution in [0.25, 0.3) is 0 Å². The summed E-state index contributed by atoms with van der Waals surface area (Å²) in [5.41, 5.74) is 4.35. The fourth-order valence-corrected chi connectivity index (χ4v) is 1.57. The van der Waals surface area contributed by atoms with E-state index in [1.807, 2.05) is 37.3 Å². The number of anilines is 2. The molecule has 0 aliphatic heterocycles. The number of aryl methyl sites for hydroxylation is 2. The minimum atomic E-state index is 0.930. The van der Waals surface area contributed by atoms with Crippen molar-refractivity contribution < 1.29 is 0 Å². The van der Waals surface area contributed by atoms with Crippen LogP contribution in [0.4, 0.5) is 11.4 Å². The Hall–Kier alpha value is -1.77. The van der Waals surface area contributed by atoms with E-state index in [9.17, 15) is 0 Å². The van der Waals surface area contributed by atoms with Gasteiger partial charge in [0.05, 0.1) is 17.1 Å². The van der Waals surface area contributed by atoms with Gasteiger partial charge < -0.3 is 5.32 Å². The zero-order valence-electron chi connectivity index (χ0n) is 9.04. The van der Waals surface area contributed by atoms with Crippen molar-refractivity contribution in [1.82, 2.24) is 10.2 Å². The fraction of sp³-hybridized carbons (Fsp3) is 0.250. The Morgan fingerprint density at radius 3 is 2.67 bits per heavy atom. The van der Waals surface area contributed by atoms with Crippen molar-refractivity contribution in [2.45, 2.75) is 20.3 Å². The Morgan fingerprint density at radius 1 is 1.27 bits per heavy atom. The lowest BCUT2D eigenvalue weighted by molar-refractivity contribution is 0.962. The van der Waals surface area contributed by atoms with Crippen LogP contribution in [-0.2, 0) is 6.42 Å². The molecule has 2 aromatic rings. The summed E-state index contributed by atoms with van der Waals surface area (Å²) >= 11 is 0. The van der Waals surface area contributed by atoms with E-state index in [-0.39, 0.29) is 0 Å². The van der Waals surface area contributed by atoms with Crippen LogP contribution in [0.5, 0.6) is 0 Å².